The second-order valence-corrected chi connectivity index (χ2v) is 2.94. The summed E-state index contributed by atoms with van der Waals surface area (Å²) in [6.07, 6.45) is 3.76. The van der Waals surface area contributed by atoms with E-state index >= 15 is 0 Å². The first-order chi connectivity index (χ1) is 5.18. The quantitative estimate of drug-likeness (QED) is 0.598. The van der Waals surface area contributed by atoms with E-state index in [-0.39, 0.29) is 18.4 Å². The standard InChI is InChI=1S/C8H15NO2/c1-6(2)11-8-4-3-7(9)5-10-8/h3-4,6-8H,5,9H2,1-2H3/t7-,8-/m0/s1. The monoisotopic (exact) mass is 157 g/mol. The molecule has 3 heteroatoms. The smallest absolute Gasteiger partial charge is 0.177 e. The molecule has 3 nitrogen and oxygen atoms in total. The summed E-state index contributed by atoms with van der Waals surface area (Å²) in [7, 11) is 0. The second kappa shape index (κ2) is 3.85. The maximum atomic E-state index is 5.56. The Bertz CT molecular complexity index is 145. The summed E-state index contributed by atoms with van der Waals surface area (Å²) in [5.74, 6) is 0. The van der Waals surface area contributed by atoms with Gasteiger partial charge in [0, 0.05) is 6.04 Å². The van der Waals surface area contributed by atoms with Crippen molar-refractivity contribution in [2.75, 3.05) is 6.61 Å². The molecule has 1 rings (SSSR count). The van der Waals surface area contributed by atoms with E-state index in [9.17, 15) is 0 Å². The Labute approximate surface area is 67.2 Å². The van der Waals surface area contributed by atoms with Gasteiger partial charge in [0.1, 0.15) is 0 Å². The second-order valence-electron chi connectivity index (χ2n) is 2.94. The van der Waals surface area contributed by atoms with E-state index in [1.807, 2.05) is 26.0 Å². The maximum absolute atomic E-state index is 5.56. The van der Waals surface area contributed by atoms with E-state index in [2.05, 4.69) is 0 Å². The lowest BCUT2D eigenvalue weighted by molar-refractivity contribution is -0.139. The summed E-state index contributed by atoms with van der Waals surface area (Å²) in [6.45, 7) is 4.51. The molecule has 0 aromatic carbocycles. The summed E-state index contributed by atoms with van der Waals surface area (Å²) in [6, 6.07) is 0.0296. The Balaban J connectivity index is 2.32. The maximum Gasteiger partial charge on any atom is 0.177 e. The summed E-state index contributed by atoms with van der Waals surface area (Å²) in [4.78, 5) is 0. The lowest BCUT2D eigenvalue weighted by Crippen LogP contribution is -2.33. The molecule has 0 bridgehead atoms. The van der Waals surface area contributed by atoms with Gasteiger partial charge in [-0.1, -0.05) is 6.08 Å². The fourth-order valence-corrected chi connectivity index (χ4v) is 0.903. The summed E-state index contributed by atoms with van der Waals surface area (Å²) >= 11 is 0. The van der Waals surface area contributed by atoms with Gasteiger partial charge in [-0.25, -0.2) is 0 Å². The summed E-state index contributed by atoms with van der Waals surface area (Å²) < 4.78 is 10.6. The molecule has 1 heterocycles. The van der Waals surface area contributed by atoms with Crippen LogP contribution in [-0.4, -0.2) is 25.0 Å². The number of hydrogen-bond acceptors (Lipinski definition) is 3. The number of hydrogen-bond donors (Lipinski definition) is 1. The van der Waals surface area contributed by atoms with Crippen LogP contribution in [0, 0.1) is 0 Å². The predicted molar refractivity (Wildman–Crippen MR) is 43.1 cm³/mol. The van der Waals surface area contributed by atoms with Crippen LogP contribution in [0.15, 0.2) is 12.2 Å². The van der Waals surface area contributed by atoms with E-state index in [4.69, 9.17) is 15.2 Å². The SMILES string of the molecule is CC(C)O[C@H]1C=C[C@H](N)CO1. The van der Waals surface area contributed by atoms with Crippen LogP contribution in [-0.2, 0) is 9.47 Å². The molecule has 0 radical (unpaired) electrons. The van der Waals surface area contributed by atoms with Crippen molar-refractivity contribution in [3.05, 3.63) is 12.2 Å². The molecule has 0 aromatic heterocycles. The molecule has 0 aliphatic carbocycles. The zero-order valence-corrected chi connectivity index (χ0v) is 6.99. The summed E-state index contributed by atoms with van der Waals surface area (Å²) in [5, 5.41) is 0. The number of nitrogens with two attached hydrogens (primary N) is 1. The normalized spacial score (nSPS) is 31.3. The summed E-state index contributed by atoms with van der Waals surface area (Å²) in [5.41, 5.74) is 5.56. The predicted octanol–water partition coefficient (Wildman–Crippen LogP) is 0.651. The van der Waals surface area contributed by atoms with Gasteiger partial charge in [-0.15, -0.1) is 0 Å². The zero-order valence-electron chi connectivity index (χ0n) is 6.99. The fourth-order valence-electron chi connectivity index (χ4n) is 0.903. The van der Waals surface area contributed by atoms with E-state index in [1.165, 1.54) is 0 Å². The highest BCUT2D eigenvalue weighted by atomic mass is 16.7. The lowest BCUT2D eigenvalue weighted by atomic mass is 10.2. The van der Waals surface area contributed by atoms with Crippen molar-refractivity contribution >= 4 is 0 Å². The molecular formula is C8H15NO2. The van der Waals surface area contributed by atoms with Crippen LogP contribution in [0.4, 0.5) is 0 Å². The van der Waals surface area contributed by atoms with E-state index in [0.29, 0.717) is 6.61 Å². The van der Waals surface area contributed by atoms with Gasteiger partial charge in [0.25, 0.3) is 0 Å². The van der Waals surface area contributed by atoms with Crippen molar-refractivity contribution in [3.63, 3.8) is 0 Å². The van der Waals surface area contributed by atoms with Crippen LogP contribution in [0.3, 0.4) is 0 Å². The topological polar surface area (TPSA) is 44.5 Å². The fraction of sp³-hybridized carbons (Fsp3) is 0.750. The molecule has 1 aliphatic heterocycles. The van der Waals surface area contributed by atoms with Crippen molar-refractivity contribution in [2.24, 2.45) is 5.73 Å². The van der Waals surface area contributed by atoms with Crippen LogP contribution in [0.2, 0.25) is 0 Å². The van der Waals surface area contributed by atoms with Crippen molar-refractivity contribution in [2.45, 2.75) is 32.3 Å². The molecule has 0 fully saturated rings. The number of ether oxygens (including phenoxy) is 2. The molecule has 1 aliphatic rings. The third-order valence-electron chi connectivity index (χ3n) is 1.37. The Morgan fingerprint density at radius 2 is 2.27 bits per heavy atom. The largest absolute Gasteiger partial charge is 0.347 e. The average molecular weight is 157 g/mol. The van der Waals surface area contributed by atoms with Crippen LogP contribution in [0.25, 0.3) is 0 Å². The van der Waals surface area contributed by atoms with Crippen molar-refractivity contribution < 1.29 is 9.47 Å². The minimum atomic E-state index is -0.199. The first-order valence-corrected chi connectivity index (χ1v) is 3.89. The third kappa shape index (κ3) is 3.01. The molecule has 2 atom stereocenters. The van der Waals surface area contributed by atoms with Crippen molar-refractivity contribution in [1.82, 2.24) is 0 Å². The Morgan fingerprint density at radius 1 is 1.55 bits per heavy atom. The molecule has 64 valence electrons. The molecule has 0 aromatic rings. The molecule has 0 unspecified atom stereocenters. The first-order valence-electron chi connectivity index (χ1n) is 3.89. The van der Waals surface area contributed by atoms with Gasteiger partial charge >= 0.3 is 0 Å². The van der Waals surface area contributed by atoms with E-state index in [1.54, 1.807) is 0 Å². The third-order valence-corrected chi connectivity index (χ3v) is 1.37. The highest BCUT2D eigenvalue weighted by molar-refractivity contribution is 4.97. The van der Waals surface area contributed by atoms with E-state index < -0.39 is 0 Å². The van der Waals surface area contributed by atoms with Crippen LogP contribution in [0.5, 0.6) is 0 Å². The molecule has 2 N–H and O–H groups in total. The van der Waals surface area contributed by atoms with Gasteiger partial charge < -0.3 is 15.2 Å². The van der Waals surface area contributed by atoms with Crippen molar-refractivity contribution in [1.29, 1.82) is 0 Å². The molecule has 0 spiro atoms. The molecule has 0 saturated heterocycles. The Hall–Kier alpha value is -0.380. The van der Waals surface area contributed by atoms with Crippen molar-refractivity contribution in [3.8, 4) is 0 Å². The molecule has 0 amide bonds. The number of rotatable bonds is 2. The van der Waals surface area contributed by atoms with Gasteiger partial charge in [0.15, 0.2) is 6.29 Å². The molecule has 0 saturated carbocycles. The minimum Gasteiger partial charge on any atom is -0.347 e. The first kappa shape index (κ1) is 8.71. The van der Waals surface area contributed by atoms with E-state index in [0.717, 1.165) is 0 Å². The Kier molecular flexibility index (Phi) is 3.05. The lowest BCUT2D eigenvalue weighted by Gasteiger charge is -2.23. The zero-order chi connectivity index (χ0) is 8.27. The highest BCUT2D eigenvalue weighted by Gasteiger charge is 2.13. The average Bonchev–Trinajstić information content (AvgIpc) is 1.93. The van der Waals surface area contributed by atoms with Gasteiger partial charge in [0.05, 0.1) is 12.7 Å². The van der Waals surface area contributed by atoms with Crippen LogP contribution < -0.4 is 5.73 Å². The molecular weight excluding hydrogens is 142 g/mol. The van der Waals surface area contributed by atoms with Crippen LogP contribution in [0.1, 0.15) is 13.8 Å². The highest BCUT2D eigenvalue weighted by Crippen LogP contribution is 2.07. The van der Waals surface area contributed by atoms with Gasteiger partial charge in [-0.3, -0.25) is 0 Å². The van der Waals surface area contributed by atoms with Crippen LogP contribution >= 0.6 is 0 Å². The van der Waals surface area contributed by atoms with Gasteiger partial charge in [-0.2, -0.15) is 0 Å². The molecule has 11 heavy (non-hydrogen) atoms. The Morgan fingerprint density at radius 3 is 2.73 bits per heavy atom. The van der Waals surface area contributed by atoms with Gasteiger partial charge in [-0.05, 0) is 19.9 Å². The minimum absolute atomic E-state index is 0.0296. The van der Waals surface area contributed by atoms with Gasteiger partial charge in [0.2, 0.25) is 0 Å².